The third kappa shape index (κ3) is 5.52. The number of halogens is 1. The number of nitrogens with one attached hydrogen (secondary N) is 1. The molecule has 1 aliphatic heterocycles. The van der Waals surface area contributed by atoms with Gasteiger partial charge >= 0.3 is 0 Å². The molecule has 35 heavy (non-hydrogen) atoms. The van der Waals surface area contributed by atoms with E-state index in [4.69, 9.17) is 4.52 Å². The SMILES string of the molecule is Cc1ccc(C)c(C=Cc2onc(C)c2S(=O)(=O)N2CCCC(C(=O)Nc3cccc(F)c3)C2)c1. The number of hydrogen-bond acceptors (Lipinski definition) is 5. The lowest BCUT2D eigenvalue weighted by molar-refractivity contribution is -0.120. The number of sulfonamides is 1. The second-order valence-corrected chi connectivity index (χ2v) is 10.7. The van der Waals surface area contributed by atoms with Gasteiger partial charge in [-0.25, -0.2) is 12.8 Å². The molecule has 0 aliphatic carbocycles. The molecule has 9 heteroatoms. The smallest absolute Gasteiger partial charge is 0.248 e. The Morgan fingerprint density at radius 3 is 2.74 bits per heavy atom. The molecule has 2 heterocycles. The van der Waals surface area contributed by atoms with Gasteiger partial charge < -0.3 is 9.84 Å². The van der Waals surface area contributed by atoms with Gasteiger partial charge in [0, 0.05) is 18.8 Å². The Kier molecular flexibility index (Phi) is 7.18. The predicted octanol–water partition coefficient (Wildman–Crippen LogP) is 4.95. The number of aromatic nitrogens is 1. The summed E-state index contributed by atoms with van der Waals surface area (Å²) < 4.78 is 47.4. The molecule has 0 saturated carbocycles. The van der Waals surface area contributed by atoms with Crippen molar-refractivity contribution in [3.63, 3.8) is 0 Å². The summed E-state index contributed by atoms with van der Waals surface area (Å²) in [6.45, 7) is 5.86. The first kappa shape index (κ1) is 24.8. The number of anilines is 1. The molecule has 7 nitrogen and oxygen atoms in total. The molecule has 1 N–H and O–H groups in total. The first-order valence-electron chi connectivity index (χ1n) is 11.4. The van der Waals surface area contributed by atoms with E-state index >= 15 is 0 Å². The van der Waals surface area contributed by atoms with E-state index in [1.807, 2.05) is 38.1 Å². The van der Waals surface area contributed by atoms with Gasteiger partial charge in [0.1, 0.15) is 11.5 Å². The van der Waals surface area contributed by atoms with Crippen LogP contribution in [-0.2, 0) is 14.8 Å². The fourth-order valence-corrected chi connectivity index (χ4v) is 5.99. The average Bonchev–Trinajstić information content (AvgIpc) is 3.21. The van der Waals surface area contributed by atoms with E-state index in [1.54, 1.807) is 19.1 Å². The van der Waals surface area contributed by atoms with Gasteiger partial charge in [0.25, 0.3) is 0 Å². The zero-order valence-electron chi connectivity index (χ0n) is 19.9. The monoisotopic (exact) mass is 497 g/mol. The standard InChI is InChI=1S/C26H28FN3O4S/c1-17-9-10-18(2)20(14-17)11-12-24-25(19(3)29-34-24)35(32,33)30-13-5-6-21(16-30)26(31)28-23-8-4-7-22(27)15-23/h4,7-12,14-15,21H,5-6,13,16H2,1-3H3,(H,28,31). The summed E-state index contributed by atoms with van der Waals surface area (Å²) in [7, 11) is -3.96. The van der Waals surface area contributed by atoms with Gasteiger partial charge in [0.2, 0.25) is 15.9 Å². The molecule has 1 fully saturated rings. The van der Waals surface area contributed by atoms with Crippen LogP contribution in [-0.4, -0.2) is 36.9 Å². The van der Waals surface area contributed by atoms with Gasteiger partial charge in [-0.1, -0.05) is 41.1 Å². The molecule has 1 aromatic heterocycles. The normalized spacial score (nSPS) is 17.1. The average molecular weight is 498 g/mol. The minimum Gasteiger partial charge on any atom is -0.355 e. The number of aryl methyl sites for hydroxylation is 3. The van der Waals surface area contributed by atoms with E-state index in [9.17, 15) is 17.6 Å². The van der Waals surface area contributed by atoms with E-state index in [0.29, 0.717) is 18.5 Å². The molecule has 1 atom stereocenters. The number of hydrogen-bond donors (Lipinski definition) is 1. The maximum absolute atomic E-state index is 13.6. The molecule has 4 rings (SSSR count). The van der Waals surface area contributed by atoms with E-state index in [0.717, 1.165) is 16.7 Å². The Balaban J connectivity index is 1.55. The quantitative estimate of drug-likeness (QED) is 0.520. The number of piperidine rings is 1. The Hall–Kier alpha value is -3.30. The second-order valence-electron chi connectivity index (χ2n) is 8.86. The fraction of sp³-hybridized carbons (Fsp3) is 0.308. The first-order valence-corrected chi connectivity index (χ1v) is 12.9. The molecular formula is C26H28FN3O4S. The van der Waals surface area contributed by atoms with Crippen molar-refractivity contribution >= 4 is 33.8 Å². The van der Waals surface area contributed by atoms with Gasteiger partial charge in [-0.15, -0.1) is 0 Å². The molecule has 1 aliphatic rings. The number of rotatable bonds is 6. The van der Waals surface area contributed by atoms with Gasteiger partial charge in [-0.3, -0.25) is 4.79 Å². The molecular weight excluding hydrogens is 469 g/mol. The van der Waals surface area contributed by atoms with Crippen LogP contribution in [0.2, 0.25) is 0 Å². The largest absolute Gasteiger partial charge is 0.355 e. The van der Waals surface area contributed by atoms with Crippen LogP contribution in [0, 0.1) is 32.5 Å². The van der Waals surface area contributed by atoms with Crippen LogP contribution in [0.3, 0.4) is 0 Å². The number of carbonyl (C=O) groups is 1. The van der Waals surface area contributed by atoms with Gasteiger partial charge in [-0.05, 0) is 69.0 Å². The van der Waals surface area contributed by atoms with Crippen molar-refractivity contribution in [1.82, 2.24) is 9.46 Å². The maximum atomic E-state index is 13.6. The maximum Gasteiger partial charge on any atom is 0.248 e. The zero-order chi connectivity index (χ0) is 25.2. The van der Waals surface area contributed by atoms with E-state index in [2.05, 4.69) is 10.5 Å². The van der Waals surface area contributed by atoms with Gasteiger partial charge in [-0.2, -0.15) is 4.31 Å². The van der Waals surface area contributed by atoms with Crippen LogP contribution in [0.5, 0.6) is 0 Å². The highest BCUT2D eigenvalue weighted by molar-refractivity contribution is 7.89. The summed E-state index contributed by atoms with van der Waals surface area (Å²) in [5.74, 6) is -1.21. The van der Waals surface area contributed by atoms with Crippen molar-refractivity contribution in [3.05, 3.63) is 76.4 Å². The Morgan fingerprint density at radius 1 is 1.17 bits per heavy atom. The van der Waals surface area contributed by atoms with Crippen LogP contribution >= 0.6 is 0 Å². The molecule has 1 amide bonds. The topological polar surface area (TPSA) is 92.5 Å². The van der Waals surface area contributed by atoms with Crippen molar-refractivity contribution < 1.29 is 22.1 Å². The number of carbonyl (C=O) groups excluding carboxylic acids is 1. The highest BCUT2D eigenvalue weighted by Crippen LogP contribution is 2.30. The summed E-state index contributed by atoms with van der Waals surface area (Å²) in [5.41, 5.74) is 3.69. The van der Waals surface area contributed by atoms with Gasteiger partial charge in [0.05, 0.1) is 5.92 Å². The lowest BCUT2D eigenvalue weighted by atomic mass is 9.99. The summed E-state index contributed by atoms with van der Waals surface area (Å²) in [6.07, 6.45) is 4.49. The van der Waals surface area contributed by atoms with Crippen LogP contribution in [0.25, 0.3) is 12.2 Å². The van der Waals surface area contributed by atoms with Crippen molar-refractivity contribution in [2.24, 2.45) is 5.92 Å². The summed E-state index contributed by atoms with van der Waals surface area (Å²) in [4.78, 5) is 12.8. The highest BCUT2D eigenvalue weighted by Gasteiger charge is 2.37. The molecule has 3 aromatic rings. The lowest BCUT2D eigenvalue weighted by Crippen LogP contribution is -2.43. The number of benzene rings is 2. The van der Waals surface area contributed by atoms with Gasteiger partial charge in [0.15, 0.2) is 10.7 Å². The second kappa shape index (κ2) is 10.1. The minimum atomic E-state index is -3.96. The summed E-state index contributed by atoms with van der Waals surface area (Å²) >= 11 is 0. The van der Waals surface area contributed by atoms with Crippen LogP contribution < -0.4 is 5.32 Å². The zero-order valence-corrected chi connectivity index (χ0v) is 20.7. The molecule has 0 bridgehead atoms. The van der Waals surface area contributed by atoms with Crippen LogP contribution in [0.4, 0.5) is 10.1 Å². The molecule has 1 saturated heterocycles. The first-order chi connectivity index (χ1) is 16.6. The molecule has 1 unspecified atom stereocenters. The van der Waals surface area contributed by atoms with E-state index in [-0.39, 0.29) is 35.3 Å². The summed E-state index contributed by atoms with van der Waals surface area (Å²) in [6, 6.07) is 11.6. The molecule has 184 valence electrons. The fourth-order valence-electron chi connectivity index (χ4n) is 4.22. The lowest BCUT2D eigenvalue weighted by Gasteiger charge is -2.31. The molecule has 0 spiro atoms. The van der Waals surface area contributed by atoms with Crippen LogP contribution in [0.15, 0.2) is 51.9 Å². The number of nitrogens with zero attached hydrogens (tertiary/aromatic N) is 2. The summed E-state index contributed by atoms with van der Waals surface area (Å²) in [5, 5.41) is 6.59. The highest BCUT2D eigenvalue weighted by atomic mass is 32.2. The van der Waals surface area contributed by atoms with E-state index < -0.39 is 21.8 Å². The van der Waals surface area contributed by atoms with Crippen molar-refractivity contribution in [2.75, 3.05) is 18.4 Å². The third-order valence-electron chi connectivity index (χ3n) is 6.13. The predicted molar refractivity (Wildman–Crippen MR) is 133 cm³/mol. The van der Waals surface area contributed by atoms with Crippen molar-refractivity contribution in [1.29, 1.82) is 0 Å². The number of amides is 1. The van der Waals surface area contributed by atoms with Crippen molar-refractivity contribution in [3.8, 4) is 0 Å². The van der Waals surface area contributed by atoms with Crippen molar-refractivity contribution in [2.45, 2.75) is 38.5 Å². The Morgan fingerprint density at radius 2 is 1.97 bits per heavy atom. The Labute approximate surface area is 204 Å². The van der Waals surface area contributed by atoms with E-state index in [1.165, 1.54) is 22.5 Å². The third-order valence-corrected chi connectivity index (χ3v) is 8.15. The Bertz CT molecular complexity index is 1380. The molecule has 0 radical (unpaired) electrons. The minimum absolute atomic E-state index is 0.00486. The van der Waals surface area contributed by atoms with Crippen LogP contribution in [0.1, 0.15) is 41.0 Å². The molecule has 2 aromatic carbocycles.